The Bertz CT molecular complexity index is 434. The molecule has 0 aliphatic rings. The van der Waals surface area contributed by atoms with Crippen LogP contribution < -0.4 is 0 Å². The second kappa shape index (κ2) is 15.8. The molecule has 0 aliphatic heterocycles. The molecule has 2 N–H and O–H groups in total. The van der Waals surface area contributed by atoms with Crippen molar-refractivity contribution in [2.45, 2.75) is 33.1 Å². The lowest BCUT2D eigenvalue weighted by Gasteiger charge is -2.17. The SMILES string of the molecule is CC(C)(CSCCC(=O)O)C(=O)O.COC(=O)CCSCCC(=O)OC. The summed E-state index contributed by atoms with van der Waals surface area (Å²) in [5.74, 6) is 0.140. The van der Waals surface area contributed by atoms with Crippen LogP contribution in [0.25, 0.3) is 0 Å². The molecule has 152 valence electrons. The molecule has 0 aliphatic carbocycles. The first-order valence-corrected chi connectivity index (χ1v) is 10.1. The monoisotopic (exact) mass is 412 g/mol. The number of ether oxygens (including phenoxy) is 2. The number of carbonyl (C=O) groups is 4. The fourth-order valence-corrected chi connectivity index (χ4v) is 3.09. The molecule has 10 heteroatoms. The van der Waals surface area contributed by atoms with E-state index in [-0.39, 0.29) is 18.4 Å². The third-order valence-corrected chi connectivity index (χ3v) is 5.26. The minimum absolute atomic E-state index is 0.0837. The largest absolute Gasteiger partial charge is 0.481 e. The Morgan fingerprint density at radius 2 is 1.23 bits per heavy atom. The molecule has 0 aromatic carbocycles. The van der Waals surface area contributed by atoms with Gasteiger partial charge in [0.2, 0.25) is 0 Å². The molecule has 8 nitrogen and oxygen atoms in total. The van der Waals surface area contributed by atoms with Crippen LogP contribution in [0.1, 0.15) is 33.1 Å². The zero-order valence-corrected chi connectivity index (χ0v) is 17.2. The average molecular weight is 413 g/mol. The van der Waals surface area contributed by atoms with E-state index in [1.54, 1.807) is 13.8 Å². The van der Waals surface area contributed by atoms with Gasteiger partial charge in [-0.25, -0.2) is 0 Å². The summed E-state index contributed by atoms with van der Waals surface area (Å²) in [5.41, 5.74) is -0.775. The molecule has 0 bridgehead atoms. The molecule has 0 saturated carbocycles. The molecule has 0 atom stereocenters. The highest BCUT2D eigenvalue weighted by Gasteiger charge is 2.26. The highest BCUT2D eigenvalue weighted by molar-refractivity contribution is 7.99. The zero-order valence-electron chi connectivity index (χ0n) is 15.6. The van der Waals surface area contributed by atoms with E-state index in [0.717, 1.165) is 0 Å². The van der Waals surface area contributed by atoms with Crippen LogP contribution >= 0.6 is 23.5 Å². The number of methoxy groups -OCH3 is 2. The Balaban J connectivity index is 0. The van der Waals surface area contributed by atoms with Crippen LogP contribution in [0.3, 0.4) is 0 Å². The first kappa shape index (κ1) is 26.8. The molecule has 0 radical (unpaired) electrons. The Hall–Kier alpha value is -1.42. The summed E-state index contributed by atoms with van der Waals surface area (Å²) < 4.78 is 8.91. The van der Waals surface area contributed by atoms with Crippen molar-refractivity contribution in [1.82, 2.24) is 0 Å². The van der Waals surface area contributed by atoms with Crippen molar-refractivity contribution >= 4 is 47.4 Å². The van der Waals surface area contributed by atoms with Crippen LogP contribution in [0.2, 0.25) is 0 Å². The van der Waals surface area contributed by atoms with Gasteiger partial charge in [0.25, 0.3) is 0 Å². The maximum Gasteiger partial charge on any atom is 0.309 e. The fraction of sp³-hybridized carbons (Fsp3) is 0.750. The van der Waals surface area contributed by atoms with Gasteiger partial charge < -0.3 is 19.7 Å². The summed E-state index contributed by atoms with van der Waals surface area (Å²) >= 11 is 2.89. The summed E-state index contributed by atoms with van der Waals surface area (Å²) in [7, 11) is 2.73. The first-order valence-electron chi connectivity index (χ1n) is 7.81. The first-order chi connectivity index (χ1) is 12.1. The van der Waals surface area contributed by atoms with Crippen molar-refractivity contribution in [3.8, 4) is 0 Å². The Labute approximate surface area is 162 Å². The minimum Gasteiger partial charge on any atom is -0.481 e. The molecular weight excluding hydrogens is 384 g/mol. The molecule has 0 aromatic heterocycles. The number of carboxylic acids is 2. The van der Waals surface area contributed by atoms with Crippen LogP contribution in [-0.2, 0) is 28.7 Å². The van der Waals surface area contributed by atoms with Gasteiger partial charge in [-0.15, -0.1) is 0 Å². The van der Waals surface area contributed by atoms with Gasteiger partial charge in [0.05, 0.1) is 38.9 Å². The molecule has 0 unspecified atom stereocenters. The van der Waals surface area contributed by atoms with Crippen molar-refractivity contribution in [3.63, 3.8) is 0 Å². The number of hydrogen-bond acceptors (Lipinski definition) is 8. The Morgan fingerprint density at radius 3 is 1.58 bits per heavy atom. The van der Waals surface area contributed by atoms with E-state index < -0.39 is 17.4 Å². The van der Waals surface area contributed by atoms with Gasteiger partial charge in [-0.3, -0.25) is 19.2 Å². The summed E-state index contributed by atoms with van der Waals surface area (Å²) in [6.45, 7) is 3.26. The summed E-state index contributed by atoms with van der Waals surface area (Å²) in [6, 6.07) is 0. The number of esters is 2. The van der Waals surface area contributed by atoms with Crippen molar-refractivity contribution < 1.29 is 38.9 Å². The molecular formula is C16H28O8S2. The van der Waals surface area contributed by atoms with Gasteiger partial charge in [0.15, 0.2) is 0 Å². The summed E-state index contributed by atoms with van der Waals surface area (Å²) in [4.78, 5) is 42.0. The maximum absolute atomic E-state index is 10.6. The van der Waals surface area contributed by atoms with Gasteiger partial charge in [-0.2, -0.15) is 23.5 Å². The van der Waals surface area contributed by atoms with E-state index in [1.165, 1.54) is 37.7 Å². The Kier molecular flexibility index (Phi) is 16.3. The fourth-order valence-electron chi connectivity index (χ4n) is 1.17. The standard InChI is InChI=1S/2C8H14O4S/c1-11-7(9)3-5-13-6-4-8(10)12-2;1-8(2,7(11)12)5-13-4-3-6(9)10/h3-6H2,1-2H3;3-5H2,1-2H3,(H,9,10)(H,11,12). The van der Waals surface area contributed by atoms with Crippen LogP contribution in [0.5, 0.6) is 0 Å². The summed E-state index contributed by atoms with van der Waals surface area (Å²) in [5, 5.41) is 17.0. The predicted octanol–water partition coefficient (Wildman–Crippen LogP) is 2.15. The smallest absolute Gasteiger partial charge is 0.309 e. The van der Waals surface area contributed by atoms with Crippen molar-refractivity contribution in [3.05, 3.63) is 0 Å². The molecule has 0 amide bonds. The van der Waals surface area contributed by atoms with E-state index in [9.17, 15) is 19.2 Å². The van der Waals surface area contributed by atoms with Crippen molar-refractivity contribution in [2.24, 2.45) is 5.41 Å². The molecule has 0 spiro atoms. The van der Waals surface area contributed by atoms with E-state index in [2.05, 4.69) is 9.47 Å². The molecule has 0 rings (SSSR count). The second-order valence-electron chi connectivity index (χ2n) is 5.65. The Morgan fingerprint density at radius 1 is 0.808 bits per heavy atom. The van der Waals surface area contributed by atoms with Gasteiger partial charge in [-0.05, 0) is 13.8 Å². The summed E-state index contributed by atoms with van der Waals surface area (Å²) in [6.07, 6.45) is 0.866. The average Bonchev–Trinajstić information content (AvgIpc) is 2.58. The van der Waals surface area contributed by atoms with Crippen LogP contribution in [0, 0.1) is 5.41 Å². The third kappa shape index (κ3) is 17.4. The van der Waals surface area contributed by atoms with E-state index >= 15 is 0 Å². The van der Waals surface area contributed by atoms with E-state index in [0.29, 0.717) is 35.9 Å². The molecule has 0 saturated heterocycles. The lowest BCUT2D eigenvalue weighted by molar-refractivity contribution is -0.145. The van der Waals surface area contributed by atoms with Crippen LogP contribution in [0.4, 0.5) is 0 Å². The predicted molar refractivity (Wildman–Crippen MR) is 102 cm³/mol. The minimum atomic E-state index is -0.852. The van der Waals surface area contributed by atoms with E-state index in [4.69, 9.17) is 10.2 Å². The number of thioether (sulfide) groups is 2. The normalized spacial score (nSPS) is 10.3. The van der Waals surface area contributed by atoms with Crippen LogP contribution in [0.15, 0.2) is 0 Å². The topological polar surface area (TPSA) is 127 Å². The number of aliphatic carboxylic acids is 2. The van der Waals surface area contributed by atoms with Crippen molar-refractivity contribution in [1.29, 1.82) is 0 Å². The highest BCUT2D eigenvalue weighted by Crippen LogP contribution is 2.22. The van der Waals surface area contributed by atoms with Gasteiger partial charge in [-0.1, -0.05) is 0 Å². The zero-order chi connectivity index (χ0) is 20.6. The molecule has 0 fully saturated rings. The number of carboxylic acid groups (broad SMARTS) is 2. The van der Waals surface area contributed by atoms with Crippen molar-refractivity contribution in [2.75, 3.05) is 37.2 Å². The van der Waals surface area contributed by atoms with Crippen LogP contribution in [-0.4, -0.2) is 71.3 Å². The molecule has 26 heavy (non-hydrogen) atoms. The lowest BCUT2D eigenvalue weighted by Crippen LogP contribution is -2.26. The second-order valence-corrected chi connectivity index (χ2v) is 7.98. The highest BCUT2D eigenvalue weighted by atomic mass is 32.2. The maximum atomic E-state index is 10.6. The van der Waals surface area contributed by atoms with E-state index in [1.807, 2.05) is 0 Å². The number of carbonyl (C=O) groups excluding carboxylic acids is 2. The van der Waals surface area contributed by atoms with Gasteiger partial charge in [0, 0.05) is 23.0 Å². The van der Waals surface area contributed by atoms with Gasteiger partial charge >= 0.3 is 23.9 Å². The quantitative estimate of drug-likeness (QED) is 0.363. The third-order valence-electron chi connectivity index (χ3n) is 2.86. The van der Waals surface area contributed by atoms with Gasteiger partial charge in [0.1, 0.15) is 0 Å². The lowest BCUT2D eigenvalue weighted by atomic mass is 9.97. The molecule has 0 aromatic rings. The molecule has 0 heterocycles. The number of hydrogen-bond donors (Lipinski definition) is 2. The number of rotatable bonds is 12.